The van der Waals surface area contributed by atoms with Crippen LogP contribution in [-0.4, -0.2) is 14.4 Å². The van der Waals surface area contributed by atoms with Gasteiger partial charge in [0.2, 0.25) is 0 Å². The summed E-state index contributed by atoms with van der Waals surface area (Å²) in [6.45, 7) is 13.6. The topological polar surface area (TPSA) is 9.23 Å². The molecule has 0 fully saturated rings. The molecule has 0 N–H and O–H groups in total. The monoisotopic (exact) mass is 318 g/mol. The van der Waals surface area contributed by atoms with Gasteiger partial charge in [-0.05, 0) is 63.2 Å². The number of aryl methyl sites for hydroxylation is 1. The van der Waals surface area contributed by atoms with E-state index in [9.17, 15) is 0 Å². The summed E-state index contributed by atoms with van der Waals surface area (Å²) in [5.74, 6) is 0. The molecule has 0 bridgehead atoms. The average Bonchev–Trinajstić information content (AvgIpc) is 2.42. The van der Waals surface area contributed by atoms with Crippen LogP contribution < -0.4 is 0 Å². The first-order valence-corrected chi connectivity index (χ1v) is 11.7. The van der Waals surface area contributed by atoms with Gasteiger partial charge in [0.1, 0.15) is 0 Å². The molecule has 0 saturated heterocycles. The van der Waals surface area contributed by atoms with E-state index in [1.54, 1.807) is 0 Å². The van der Waals surface area contributed by atoms with E-state index in [4.69, 9.17) is 4.43 Å². The van der Waals surface area contributed by atoms with E-state index in [0.29, 0.717) is 6.10 Å². The highest BCUT2D eigenvalue weighted by atomic mass is 28.4. The summed E-state index contributed by atoms with van der Waals surface area (Å²) in [6, 6.07) is 11.9. The van der Waals surface area contributed by atoms with Gasteiger partial charge in [-0.2, -0.15) is 0 Å². The predicted molar refractivity (Wildman–Crippen MR) is 101 cm³/mol. The van der Waals surface area contributed by atoms with Crippen LogP contribution in [0, 0.1) is 5.41 Å². The van der Waals surface area contributed by atoms with Gasteiger partial charge in [0.05, 0.1) is 0 Å². The molecule has 22 heavy (non-hydrogen) atoms. The van der Waals surface area contributed by atoms with E-state index < -0.39 is 8.32 Å². The van der Waals surface area contributed by atoms with E-state index in [0.717, 1.165) is 12.8 Å². The van der Waals surface area contributed by atoms with Crippen LogP contribution in [0.2, 0.25) is 19.1 Å². The van der Waals surface area contributed by atoms with Crippen molar-refractivity contribution in [2.75, 3.05) is 0 Å². The number of rotatable bonds is 9. The zero-order valence-corrected chi connectivity index (χ0v) is 16.4. The molecular weight excluding hydrogens is 284 g/mol. The lowest BCUT2D eigenvalue weighted by Gasteiger charge is -2.29. The van der Waals surface area contributed by atoms with Crippen molar-refractivity contribution in [3.8, 4) is 0 Å². The number of benzene rings is 1. The molecule has 0 heterocycles. The Balaban J connectivity index is 2.37. The van der Waals surface area contributed by atoms with Gasteiger partial charge in [-0.3, -0.25) is 0 Å². The van der Waals surface area contributed by atoms with Crippen LogP contribution in [0.3, 0.4) is 0 Å². The molecule has 0 aliphatic heterocycles. The maximum absolute atomic E-state index is 6.13. The largest absolute Gasteiger partial charge is 0.415 e. The first kappa shape index (κ1) is 19.2. The molecule has 0 radical (unpaired) electrons. The first-order valence-electron chi connectivity index (χ1n) is 8.60. The number of allylic oxidation sites excluding steroid dienone is 2. The van der Waals surface area contributed by atoms with Crippen molar-refractivity contribution in [3.63, 3.8) is 0 Å². The van der Waals surface area contributed by atoms with Crippen molar-refractivity contribution < 1.29 is 4.43 Å². The Bertz CT molecular complexity index is 446. The molecule has 1 aromatic carbocycles. The average molecular weight is 319 g/mol. The molecule has 0 spiro atoms. The highest BCUT2D eigenvalue weighted by Crippen LogP contribution is 2.29. The quantitative estimate of drug-likeness (QED) is 0.388. The number of hydrogen-bond acceptors (Lipinski definition) is 1. The second-order valence-corrected chi connectivity index (χ2v) is 12.1. The van der Waals surface area contributed by atoms with Gasteiger partial charge in [0.15, 0.2) is 8.32 Å². The zero-order chi connectivity index (χ0) is 16.6. The summed E-state index contributed by atoms with van der Waals surface area (Å²) in [7, 11) is -1.51. The summed E-state index contributed by atoms with van der Waals surface area (Å²) in [5, 5.41) is 0. The van der Waals surface area contributed by atoms with Crippen LogP contribution >= 0.6 is 0 Å². The van der Waals surface area contributed by atoms with Gasteiger partial charge < -0.3 is 4.43 Å². The molecular formula is C20H34OSi. The van der Waals surface area contributed by atoms with Crippen LogP contribution in [0.25, 0.3) is 0 Å². The van der Waals surface area contributed by atoms with Crippen molar-refractivity contribution in [2.45, 2.75) is 72.2 Å². The fourth-order valence-electron chi connectivity index (χ4n) is 2.70. The Morgan fingerprint density at radius 1 is 1.14 bits per heavy atom. The fourth-order valence-corrected chi connectivity index (χ4v) is 5.34. The van der Waals surface area contributed by atoms with E-state index in [1.165, 1.54) is 18.0 Å². The predicted octanol–water partition coefficient (Wildman–Crippen LogP) is 6.22. The molecule has 2 heteroatoms. The molecule has 0 saturated carbocycles. The van der Waals surface area contributed by atoms with Crippen molar-refractivity contribution in [1.82, 2.24) is 0 Å². The summed E-state index contributed by atoms with van der Waals surface area (Å²) < 4.78 is 6.13. The van der Waals surface area contributed by atoms with E-state index in [-0.39, 0.29) is 5.41 Å². The molecule has 0 atom stereocenters. The Morgan fingerprint density at radius 2 is 1.77 bits per heavy atom. The SMILES string of the molecule is CC(C)O[Si](C)(C)CCC(C)(C)/C=C/CCc1ccccc1. The van der Waals surface area contributed by atoms with Crippen molar-refractivity contribution in [2.24, 2.45) is 5.41 Å². The lowest BCUT2D eigenvalue weighted by molar-refractivity contribution is 0.228. The second kappa shape index (κ2) is 8.69. The Kier molecular flexibility index (Phi) is 7.57. The minimum atomic E-state index is -1.51. The lowest BCUT2D eigenvalue weighted by Crippen LogP contribution is -2.34. The summed E-state index contributed by atoms with van der Waals surface area (Å²) >= 11 is 0. The van der Waals surface area contributed by atoms with E-state index in [1.807, 2.05) is 0 Å². The van der Waals surface area contributed by atoms with E-state index in [2.05, 4.69) is 83.3 Å². The molecule has 0 unspecified atom stereocenters. The van der Waals surface area contributed by atoms with Gasteiger partial charge in [0, 0.05) is 6.10 Å². The molecule has 0 amide bonds. The van der Waals surface area contributed by atoms with Crippen LogP contribution in [0.1, 0.15) is 46.1 Å². The van der Waals surface area contributed by atoms with Crippen LogP contribution in [0.4, 0.5) is 0 Å². The fraction of sp³-hybridized carbons (Fsp3) is 0.600. The third-order valence-corrected chi connectivity index (χ3v) is 6.50. The molecule has 124 valence electrons. The maximum atomic E-state index is 6.13. The molecule has 1 aromatic rings. The van der Waals surface area contributed by atoms with Crippen molar-refractivity contribution in [3.05, 3.63) is 48.0 Å². The summed E-state index contributed by atoms with van der Waals surface area (Å²) in [5.41, 5.74) is 1.69. The number of hydrogen-bond donors (Lipinski definition) is 0. The van der Waals surface area contributed by atoms with Crippen molar-refractivity contribution >= 4 is 8.32 Å². The summed E-state index contributed by atoms with van der Waals surface area (Å²) in [6.07, 6.45) is 8.56. The Labute approximate surface area is 138 Å². The van der Waals surface area contributed by atoms with Gasteiger partial charge in [-0.15, -0.1) is 0 Å². The highest BCUT2D eigenvalue weighted by molar-refractivity contribution is 6.71. The molecule has 0 aromatic heterocycles. The highest BCUT2D eigenvalue weighted by Gasteiger charge is 2.26. The van der Waals surface area contributed by atoms with E-state index >= 15 is 0 Å². The second-order valence-electron chi connectivity index (χ2n) is 7.84. The Hall–Kier alpha value is -0.863. The first-order chi connectivity index (χ1) is 10.2. The maximum Gasteiger partial charge on any atom is 0.187 e. The zero-order valence-electron chi connectivity index (χ0n) is 15.4. The molecule has 1 rings (SSSR count). The minimum Gasteiger partial charge on any atom is -0.415 e. The smallest absolute Gasteiger partial charge is 0.187 e. The van der Waals surface area contributed by atoms with Gasteiger partial charge >= 0.3 is 0 Å². The summed E-state index contributed by atoms with van der Waals surface area (Å²) in [4.78, 5) is 0. The normalized spacial score (nSPS) is 13.2. The lowest BCUT2D eigenvalue weighted by atomic mass is 9.89. The molecule has 0 aliphatic carbocycles. The third-order valence-electron chi connectivity index (χ3n) is 3.94. The van der Waals surface area contributed by atoms with Crippen molar-refractivity contribution in [1.29, 1.82) is 0 Å². The molecule has 0 aliphatic rings. The van der Waals surface area contributed by atoms with Gasteiger partial charge in [-0.25, -0.2) is 0 Å². The van der Waals surface area contributed by atoms with Gasteiger partial charge in [-0.1, -0.05) is 56.3 Å². The van der Waals surface area contributed by atoms with Crippen LogP contribution in [0.5, 0.6) is 0 Å². The van der Waals surface area contributed by atoms with Crippen LogP contribution in [0.15, 0.2) is 42.5 Å². The Morgan fingerprint density at radius 3 is 2.36 bits per heavy atom. The van der Waals surface area contributed by atoms with Crippen LogP contribution in [-0.2, 0) is 10.8 Å². The minimum absolute atomic E-state index is 0.265. The standard InChI is InChI=1S/C20H34OSi/c1-18(2)21-22(5,6)17-16-20(3,4)15-11-10-14-19-12-8-7-9-13-19/h7-9,11-13,15,18H,10,14,16-17H2,1-6H3/b15-11+. The van der Waals surface area contributed by atoms with Gasteiger partial charge in [0.25, 0.3) is 0 Å². The third kappa shape index (κ3) is 8.55. The molecule has 1 nitrogen and oxygen atoms in total.